The van der Waals surface area contributed by atoms with Crippen LogP contribution in [0.2, 0.25) is 0 Å². The Morgan fingerprint density at radius 3 is 2.86 bits per heavy atom. The Labute approximate surface area is 166 Å². The highest BCUT2D eigenvalue weighted by molar-refractivity contribution is 7.08. The second-order valence-electron chi connectivity index (χ2n) is 7.19. The molecule has 0 aliphatic carbocycles. The summed E-state index contributed by atoms with van der Waals surface area (Å²) in [5, 5.41) is 4.71. The van der Waals surface area contributed by atoms with Gasteiger partial charge in [0.1, 0.15) is 5.82 Å². The number of rotatable bonds is 4. The highest BCUT2D eigenvalue weighted by Gasteiger charge is 2.41. The van der Waals surface area contributed by atoms with E-state index in [2.05, 4.69) is 4.98 Å². The summed E-state index contributed by atoms with van der Waals surface area (Å²) in [6.07, 6.45) is 0.166. The van der Waals surface area contributed by atoms with Crippen LogP contribution in [0.4, 0.5) is 4.39 Å². The van der Waals surface area contributed by atoms with E-state index in [0.29, 0.717) is 13.1 Å². The Morgan fingerprint density at radius 1 is 1.32 bits per heavy atom. The van der Waals surface area contributed by atoms with E-state index in [4.69, 9.17) is 4.74 Å². The van der Waals surface area contributed by atoms with Crippen LogP contribution >= 0.6 is 11.3 Å². The number of amides is 1. The quantitative estimate of drug-likeness (QED) is 0.680. The number of hydrogen-bond donors (Lipinski definition) is 1. The van der Waals surface area contributed by atoms with Crippen molar-refractivity contribution in [2.45, 2.75) is 19.3 Å². The highest BCUT2D eigenvalue weighted by Crippen LogP contribution is 2.35. The second kappa shape index (κ2) is 7.39. The lowest BCUT2D eigenvalue weighted by Gasteiger charge is -2.16. The summed E-state index contributed by atoms with van der Waals surface area (Å²) in [5.41, 5.74) is 3.52. The van der Waals surface area contributed by atoms with Crippen LogP contribution in [0.1, 0.15) is 22.7 Å². The molecular formula is C21H21FN2O3S. The third-order valence-corrected chi connectivity index (χ3v) is 6.26. The van der Waals surface area contributed by atoms with Gasteiger partial charge in [0.2, 0.25) is 5.91 Å². The number of thiophene rings is 1. The average Bonchev–Trinajstić information content (AvgIpc) is 3.40. The molecule has 3 heterocycles. The molecule has 0 spiro atoms. The van der Waals surface area contributed by atoms with E-state index in [-0.39, 0.29) is 36.0 Å². The van der Waals surface area contributed by atoms with E-state index >= 15 is 0 Å². The zero-order valence-corrected chi connectivity index (χ0v) is 16.5. The van der Waals surface area contributed by atoms with Gasteiger partial charge in [-0.05, 0) is 53.1 Å². The van der Waals surface area contributed by atoms with Crippen molar-refractivity contribution in [1.29, 1.82) is 0 Å². The fraction of sp³-hybridized carbons (Fsp3) is 0.333. The monoisotopic (exact) mass is 400 g/mol. The number of aromatic amines is 1. The van der Waals surface area contributed by atoms with Crippen LogP contribution in [-0.4, -0.2) is 42.0 Å². The van der Waals surface area contributed by atoms with Crippen LogP contribution < -0.4 is 0 Å². The fourth-order valence-corrected chi connectivity index (χ4v) is 4.79. The molecule has 4 rings (SSSR count). The van der Waals surface area contributed by atoms with Crippen LogP contribution in [0.25, 0.3) is 10.9 Å². The number of methoxy groups -OCH3 is 1. The van der Waals surface area contributed by atoms with Crippen LogP contribution in [-0.2, 0) is 20.7 Å². The molecule has 0 unspecified atom stereocenters. The van der Waals surface area contributed by atoms with Crippen LogP contribution in [0.5, 0.6) is 0 Å². The fourth-order valence-electron chi connectivity index (χ4n) is 4.07. The lowest BCUT2D eigenvalue weighted by molar-refractivity contribution is -0.145. The van der Waals surface area contributed by atoms with Crippen molar-refractivity contribution in [2.24, 2.45) is 5.92 Å². The SMILES string of the molecule is COC(=O)[C@@H]1CN(C(=O)Cc2c(C)[nH]c3ccc(F)cc23)C[C@@H]1c1ccsc1. The Hall–Kier alpha value is -2.67. The smallest absolute Gasteiger partial charge is 0.311 e. The maximum Gasteiger partial charge on any atom is 0.311 e. The van der Waals surface area contributed by atoms with Gasteiger partial charge in [0.15, 0.2) is 0 Å². The van der Waals surface area contributed by atoms with Gasteiger partial charge in [0.25, 0.3) is 0 Å². The molecule has 1 amide bonds. The van der Waals surface area contributed by atoms with E-state index in [1.165, 1.54) is 19.2 Å². The molecule has 1 saturated heterocycles. The van der Waals surface area contributed by atoms with Gasteiger partial charge in [-0.15, -0.1) is 0 Å². The average molecular weight is 400 g/mol. The van der Waals surface area contributed by atoms with Gasteiger partial charge in [-0.2, -0.15) is 11.3 Å². The third kappa shape index (κ3) is 3.30. The molecule has 0 radical (unpaired) electrons. The second-order valence-corrected chi connectivity index (χ2v) is 7.97. The lowest BCUT2D eigenvalue weighted by atomic mass is 9.91. The maximum atomic E-state index is 13.7. The summed E-state index contributed by atoms with van der Waals surface area (Å²) in [6.45, 7) is 2.70. The number of ether oxygens (including phenoxy) is 1. The number of carbonyl (C=O) groups excluding carboxylic acids is 2. The molecule has 5 nitrogen and oxygen atoms in total. The number of nitrogens with zero attached hydrogens (tertiary/aromatic N) is 1. The summed E-state index contributed by atoms with van der Waals surface area (Å²) >= 11 is 1.57. The van der Waals surface area contributed by atoms with E-state index in [0.717, 1.165) is 27.7 Å². The normalized spacial score (nSPS) is 19.3. The van der Waals surface area contributed by atoms with Crippen LogP contribution in [0.15, 0.2) is 35.0 Å². The summed E-state index contributed by atoms with van der Waals surface area (Å²) in [5.74, 6) is -1.13. The van der Waals surface area contributed by atoms with Gasteiger partial charge >= 0.3 is 5.97 Å². The standard InChI is InChI=1S/C21H21FN2O3S/c1-12-15(16-7-14(22)3-4-19(16)23-12)8-20(25)24-9-17(13-5-6-28-11-13)18(10-24)21(26)27-2/h3-7,11,17-18,23H,8-10H2,1-2H3/t17-,18-/m1/s1. The minimum absolute atomic E-state index is 0.0656. The van der Waals surface area contributed by atoms with E-state index < -0.39 is 0 Å². The number of hydrogen-bond acceptors (Lipinski definition) is 4. The van der Waals surface area contributed by atoms with Crippen molar-refractivity contribution in [2.75, 3.05) is 20.2 Å². The van der Waals surface area contributed by atoms with E-state index in [9.17, 15) is 14.0 Å². The Balaban J connectivity index is 1.58. The minimum Gasteiger partial charge on any atom is -0.469 e. The van der Waals surface area contributed by atoms with Crippen molar-refractivity contribution in [3.05, 3.63) is 57.7 Å². The molecule has 2 atom stereocenters. The Kier molecular flexibility index (Phi) is 4.93. The van der Waals surface area contributed by atoms with Gasteiger partial charge in [0, 0.05) is 35.6 Å². The number of halogens is 1. The topological polar surface area (TPSA) is 62.4 Å². The van der Waals surface area contributed by atoms with Crippen LogP contribution in [0, 0.1) is 18.7 Å². The molecule has 1 aliphatic heterocycles. The number of benzene rings is 1. The Bertz CT molecular complexity index is 1030. The molecule has 3 aromatic rings. The van der Waals surface area contributed by atoms with Crippen molar-refractivity contribution in [3.8, 4) is 0 Å². The molecule has 0 bridgehead atoms. The first-order valence-electron chi connectivity index (χ1n) is 9.12. The molecule has 28 heavy (non-hydrogen) atoms. The molecular weight excluding hydrogens is 379 g/mol. The predicted molar refractivity (Wildman–Crippen MR) is 106 cm³/mol. The molecule has 7 heteroatoms. The first-order chi connectivity index (χ1) is 13.5. The highest BCUT2D eigenvalue weighted by atomic mass is 32.1. The summed E-state index contributed by atoms with van der Waals surface area (Å²) in [6, 6.07) is 6.53. The number of fused-ring (bicyclic) bond motifs is 1. The molecule has 146 valence electrons. The minimum atomic E-state index is -0.370. The van der Waals surface area contributed by atoms with Crippen molar-refractivity contribution >= 4 is 34.1 Å². The number of aromatic nitrogens is 1. The number of H-pyrrole nitrogens is 1. The van der Waals surface area contributed by atoms with Crippen molar-refractivity contribution < 1.29 is 18.7 Å². The zero-order chi connectivity index (χ0) is 19.8. The summed E-state index contributed by atoms with van der Waals surface area (Å²) in [4.78, 5) is 30.2. The molecule has 0 saturated carbocycles. The maximum absolute atomic E-state index is 13.7. The van der Waals surface area contributed by atoms with Gasteiger partial charge in [-0.25, -0.2) is 4.39 Å². The largest absolute Gasteiger partial charge is 0.469 e. The van der Waals surface area contributed by atoms with Crippen molar-refractivity contribution in [3.63, 3.8) is 0 Å². The first kappa shape index (κ1) is 18.7. The van der Waals surface area contributed by atoms with Crippen molar-refractivity contribution in [1.82, 2.24) is 9.88 Å². The first-order valence-corrected chi connectivity index (χ1v) is 10.1. The summed E-state index contributed by atoms with van der Waals surface area (Å²) < 4.78 is 18.7. The van der Waals surface area contributed by atoms with E-state index in [1.807, 2.05) is 23.8 Å². The van der Waals surface area contributed by atoms with Gasteiger partial charge in [0.05, 0.1) is 19.4 Å². The van der Waals surface area contributed by atoms with Gasteiger partial charge in [-0.1, -0.05) is 0 Å². The number of carbonyl (C=O) groups is 2. The Morgan fingerprint density at radius 2 is 2.14 bits per heavy atom. The molecule has 2 aromatic heterocycles. The number of nitrogens with one attached hydrogen (secondary N) is 1. The number of aryl methyl sites for hydroxylation is 1. The number of esters is 1. The lowest BCUT2D eigenvalue weighted by Crippen LogP contribution is -2.31. The van der Waals surface area contributed by atoms with E-state index in [1.54, 1.807) is 22.3 Å². The molecule has 1 aromatic carbocycles. The van der Waals surface area contributed by atoms with Crippen LogP contribution in [0.3, 0.4) is 0 Å². The molecule has 1 fully saturated rings. The van der Waals surface area contributed by atoms with Gasteiger partial charge < -0.3 is 14.6 Å². The third-order valence-electron chi connectivity index (χ3n) is 5.56. The zero-order valence-electron chi connectivity index (χ0n) is 15.7. The molecule has 1 aliphatic rings. The summed E-state index contributed by atoms with van der Waals surface area (Å²) in [7, 11) is 1.38. The predicted octanol–water partition coefficient (Wildman–Crippen LogP) is 3.63. The molecule has 1 N–H and O–H groups in total. The number of likely N-dealkylation sites (tertiary alicyclic amines) is 1. The van der Waals surface area contributed by atoms with Gasteiger partial charge in [-0.3, -0.25) is 9.59 Å².